The summed E-state index contributed by atoms with van der Waals surface area (Å²) in [6.45, 7) is 0.832. The average molecular weight is 270 g/mol. The maximum Gasteiger partial charge on any atom is 0.238 e. The van der Waals surface area contributed by atoms with Crippen LogP contribution in [0.1, 0.15) is 5.56 Å². The van der Waals surface area contributed by atoms with Crippen molar-refractivity contribution in [2.45, 2.75) is 6.61 Å². The minimum atomic E-state index is -0.0644. The molecule has 0 saturated heterocycles. The van der Waals surface area contributed by atoms with Gasteiger partial charge in [0, 0.05) is 5.69 Å². The van der Waals surface area contributed by atoms with E-state index in [0.717, 1.165) is 17.0 Å². The van der Waals surface area contributed by atoms with Crippen LogP contribution in [0.3, 0.4) is 0 Å². The smallest absolute Gasteiger partial charge is 0.238 e. The van der Waals surface area contributed by atoms with Crippen molar-refractivity contribution in [2.75, 3.05) is 18.9 Å². The molecule has 2 aromatic carbocycles. The highest BCUT2D eigenvalue weighted by Crippen LogP contribution is 2.16. The normalized spacial score (nSPS) is 10.1. The zero-order chi connectivity index (χ0) is 14.2. The summed E-state index contributed by atoms with van der Waals surface area (Å²) in [6.07, 6.45) is 0. The lowest BCUT2D eigenvalue weighted by atomic mass is 10.2. The molecule has 0 heterocycles. The van der Waals surface area contributed by atoms with E-state index in [4.69, 9.17) is 4.74 Å². The van der Waals surface area contributed by atoms with Gasteiger partial charge in [-0.25, -0.2) is 0 Å². The molecule has 20 heavy (non-hydrogen) atoms. The van der Waals surface area contributed by atoms with E-state index in [1.807, 2.05) is 54.6 Å². The molecule has 0 atom stereocenters. The van der Waals surface area contributed by atoms with Crippen LogP contribution < -0.4 is 15.4 Å². The van der Waals surface area contributed by atoms with Crippen molar-refractivity contribution in [3.05, 3.63) is 60.2 Å². The van der Waals surface area contributed by atoms with Gasteiger partial charge in [0.1, 0.15) is 12.4 Å². The van der Waals surface area contributed by atoms with Crippen LogP contribution in [-0.2, 0) is 11.4 Å². The van der Waals surface area contributed by atoms with E-state index < -0.39 is 0 Å². The van der Waals surface area contributed by atoms with Crippen molar-refractivity contribution in [1.29, 1.82) is 0 Å². The minimum Gasteiger partial charge on any atom is -0.489 e. The Balaban J connectivity index is 1.87. The fraction of sp³-hybridized carbons (Fsp3) is 0.188. The van der Waals surface area contributed by atoms with Crippen molar-refractivity contribution >= 4 is 11.6 Å². The van der Waals surface area contributed by atoms with Gasteiger partial charge in [0.25, 0.3) is 0 Å². The molecule has 0 bridgehead atoms. The number of likely N-dealkylation sites (N-methyl/N-ethyl adjacent to an activating group) is 1. The molecule has 0 aromatic heterocycles. The highest BCUT2D eigenvalue weighted by molar-refractivity contribution is 5.92. The number of ether oxygens (including phenoxy) is 1. The fourth-order valence-electron chi connectivity index (χ4n) is 1.74. The molecule has 0 aliphatic heterocycles. The summed E-state index contributed by atoms with van der Waals surface area (Å²) in [5.41, 5.74) is 1.89. The Labute approximate surface area is 118 Å². The molecular formula is C16H18N2O2. The number of anilines is 1. The van der Waals surface area contributed by atoms with Crippen molar-refractivity contribution < 1.29 is 9.53 Å². The third-order valence-corrected chi connectivity index (χ3v) is 2.72. The molecule has 0 aliphatic rings. The van der Waals surface area contributed by atoms with Gasteiger partial charge in [-0.05, 0) is 36.9 Å². The Morgan fingerprint density at radius 3 is 2.40 bits per heavy atom. The third-order valence-electron chi connectivity index (χ3n) is 2.72. The van der Waals surface area contributed by atoms with Crippen LogP contribution in [0.4, 0.5) is 5.69 Å². The lowest BCUT2D eigenvalue weighted by molar-refractivity contribution is -0.115. The van der Waals surface area contributed by atoms with Gasteiger partial charge < -0.3 is 15.4 Å². The van der Waals surface area contributed by atoms with E-state index in [0.29, 0.717) is 13.2 Å². The summed E-state index contributed by atoms with van der Waals surface area (Å²) in [4.78, 5) is 11.4. The van der Waals surface area contributed by atoms with Crippen molar-refractivity contribution in [1.82, 2.24) is 5.32 Å². The Kier molecular flexibility index (Phi) is 5.15. The van der Waals surface area contributed by atoms with Gasteiger partial charge in [-0.15, -0.1) is 0 Å². The molecule has 2 rings (SSSR count). The second-order valence-corrected chi connectivity index (χ2v) is 4.38. The Morgan fingerprint density at radius 2 is 1.75 bits per heavy atom. The monoisotopic (exact) mass is 270 g/mol. The van der Waals surface area contributed by atoms with Crippen LogP contribution in [0.5, 0.6) is 5.75 Å². The van der Waals surface area contributed by atoms with Crippen LogP contribution >= 0.6 is 0 Å². The van der Waals surface area contributed by atoms with E-state index in [1.54, 1.807) is 7.05 Å². The van der Waals surface area contributed by atoms with Gasteiger partial charge in [0.05, 0.1) is 6.54 Å². The minimum absolute atomic E-state index is 0.0644. The first kappa shape index (κ1) is 14.1. The quantitative estimate of drug-likeness (QED) is 0.847. The highest BCUT2D eigenvalue weighted by Gasteiger charge is 2.01. The Bertz CT molecular complexity index is 538. The number of hydrogen-bond acceptors (Lipinski definition) is 3. The van der Waals surface area contributed by atoms with Crippen LogP contribution in [-0.4, -0.2) is 19.5 Å². The van der Waals surface area contributed by atoms with Gasteiger partial charge in [-0.1, -0.05) is 30.3 Å². The predicted octanol–water partition coefficient (Wildman–Crippen LogP) is 2.42. The molecule has 0 fully saturated rings. The summed E-state index contributed by atoms with van der Waals surface area (Å²) in [5, 5.41) is 5.59. The Hall–Kier alpha value is -2.33. The molecule has 0 unspecified atom stereocenters. The predicted molar refractivity (Wildman–Crippen MR) is 79.8 cm³/mol. The SMILES string of the molecule is CNCC(=O)Nc1ccc(OCc2ccccc2)cc1. The largest absolute Gasteiger partial charge is 0.489 e. The summed E-state index contributed by atoms with van der Waals surface area (Å²) in [6, 6.07) is 17.3. The van der Waals surface area contributed by atoms with Crippen molar-refractivity contribution in [3.8, 4) is 5.75 Å². The number of amides is 1. The molecule has 4 heteroatoms. The first-order chi connectivity index (χ1) is 9.78. The molecular weight excluding hydrogens is 252 g/mol. The lowest BCUT2D eigenvalue weighted by Gasteiger charge is -2.08. The van der Waals surface area contributed by atoms with Gasteiger partial charge in [-0.2, -0.15) is 0 Å². The lowest BCUT2D eigenvalue weighted by Crippen LogP contribution is -2.24. The van der Waals surface area contributed by atoms with Crippen molar-refractivity contribution in [2.24, 2.45) is 0 Å². The Morgan fingerprint density at radius 1 is 1.05 bits per heavy atom. The van der Waals surface area contributed by atoms with Crippen LogP contribution in [0.2, 0.25) is 0 Å². The van der Waals surface area contributed by atoms with Gasteiger partial charge in [0.2, 0.25) is 5.91 Å². The maximum absolute atomic E-state index is 11.4. The van der Waals surface area contributed by atoms with E-state index in [9.17, 15) is 4.79 Å². The summed E-state index contributed by atoms with van der Waals surface area (Å²) in [7, 11) is 1.74. The highest BCUT2D eigenvalue weighted by atomic mass is 16.5. The number of nitrogens with one attached hydrogen (secondary N) is 2. The van der Waals surface area contributed by atoms with Crippen LogP contribution in [0, 0.1) is 0 Å². The van der Waals surface area contributed by atoms with Crippen molar-refractivity contribution in [3.63, 3.8) is 0 Å². The maximum atomic E-state index is 11.4. The molecule has 1 amide bonds. The van der Waals surface area contributed by atoms with E-state index >= 15 is 0 Å². The molecule has 4 nitrogen and oxygen atoms in total. The molecule has 0 spiro atoms. The van der Waals surface area contributed by atoms with E-state index in [1.165, 1.54) is 0 Å². The fourth-order valence-corrected chi connectivity index (χ4v) is 1.74. The summed E-state index contributed by atoms with van der Waals surface area (Å²) < 4.78 is 5.67. The second kappa shape index (κ2) is 7.31. The second-order valence-electron chi connectivity index (χ2n) is 4.38. The number of carbonyl (C=O) groups is 1. The third kappa shape index (κ3) is 4.40. The van der Waals surface area contributed by atoms with Crippen LogP contribution in [0.15, 0.2) is 54.6 Å². The average Bonchev–Trinajstić information content (AvgIpc) is 2.48. The molecule has 104 valence electrons. The zero-order valence-electron chi connectivity index (χ0n) is 11.4. The topological polar surface area (TPSA) is 50.4 Å². The molecule has 2 N–H and O–H groups in total. The first-order valence-corrected chi connectivity index (χ1v) is 6.49. The number of carbonyl (C=O) groups excluding carboxylic acids is 1. The first-order valence-electron chi connectivity index (χ1n) is 6.49. The standard InChI is InChI=1S/C16H18N2O2/c1-17-11-16(19)18-14-7-9-15(10-8-14)20-12-13-5-3-2-4-6-13/h2-10,17H,11-12H2,1H3,(H,18,19). The van der Waals surface area contributed by atoms with Crippen LogP contribution in [0.25, 0.3) is 0 Å². The molecule has 0 radical (unpaired) electrons. The number of rotatable bonds is 6. The summed E-state index contributed by atoms with van der Waals surface area (Å²) in [5.74, 6) is 0.714. The number of benzene rings is 2. The van der Waals surface area contributed by atoms with E-state index in [2.05, 4.69) is 10.6 Å². The molecule has 0 aliphatic carbocycles. The molecule has 2 aromatic rings. The zero-order valence-corrected chi connectivity index (χ0v) is 11.4. The molecule has 0 saturated carbocycles. The van der Waals surface area contributed by atoms with Gasteiger partial charge >= 0.3 is 0 Å². The summed E-state index contributed by atoms with van der Waals surface area (Å²) >= 11 is 0. The van der Waals surface area contributed by atoms with Gasteiger partial charge in [0.15, 0.2) is 0 Å². The van der Waals surface area contributed by atoms with E-state index in [-0.39, 0.29) is 5.91 Å². The number of hydrogen-bond donors (Lipinski definition) is 2. The van der Waals surface area contributed by atoms with Gasteiger partial charge in [-0.3, -0.25) is 4.79 Å².